The Bertz CT molecular complexity index is 1110. The van der Waals surface area contributed by atoms with E-state index in [1.54, 1.807) is 35.1 Å². The van der Waals surface area contributed by atoms with Crippen molar-refractivity contribution >= 4 is 23.0 Å². The Labute approximate surface area is 147 Å². The maximum absolute atomic E-state index is 11.0. The van der Waals surface area contributed by atoms with E-state index in [4.69, 9.17) is 15.3 Å². The Morgan fingerprint density at radius 2 is 1.96 bits per heavy atom. The maximum atomic E-state index is 11.0. The van der Waals surface area contributed by atoms with Crippen LogP contribution < -0.4 is 5.73 Å². The molecule has 8 heteroatoms. The third-order valence-corrected chi connectivity index (χ3v) is 4.02. The van der Waals surface area contributed by atoms with Crippen LogP contribution in [-0.2, 0) is 6.54 Å². The van der Waals surface area contributed by atoms with E-state index < -0.39 is 5.97 Å². The number of carbonyl (C=O) groups is 1. The molecule has 0 spiro atoms. The van der Waals surface area contributed by atoms with Crippen molar-refractivity contribution in [3.63, 3.8) is 0 Å². The highest BCUT2D eigenvalue weighted by molar-refractivity contribution is 5.89. The molecular weight excluding hydrogens is 334 g/mol. The molecule has 3 aromatic heterocycles. The van der Waals surface area contributed by atoms with Gasteiger partial charge in [0.2, 0.25) is 5.95 Å². The number of hydrogen-bond acceptors (Lipinski definition) is 6. The predicted octanol–water partition coefficient (Wildman–Crippen LogP) is 2.72. The second-order valence-corrected chi connectivity index (χ2v) is 5.88. The molecule has 4 rings (SSSR count). The number of rotatable bonds is 4. The van der Waals surface area contributed by atoms with Crippen molar-refractivity contribution in [1.29, 1.82) is 0 Å². The van der Waals surface area contributed by atoms with Gasteiger partial charge in [-0.1, -0.05) is 12.1 Å². The summed E-state index contributed by atoms with van der Waals surface area (Å²) in [5.41, 5.74) is 8.18. The number of anilines is 1. The van der Waals surface area contributed by atoms with E-state index in [2.05, 4.69) is 15.1 Å². The van der Waals surface area contributed by atoms with Crippen molar-refractivity contribution in [2.24, 2.45) is 0 Å². The zero-order valence-corrected chi connectivity index (χ0v) is 13.9. The lowest BCUT2D eigenvalue weighted by atomic mass is 10.1. The highest BCUT2D eigenvalue weighted by Gasteiger charge is 2.16. The molecule has 0 aliphatic heterocycles. The van der Waals surface area contributed by atoms with Crippen LogP contribution in [0.3, 0.4) is 0 Å². The summed E-state index contributed by atoms with van der Waals surface area (Å²) in [6.07, 6.45) is 1.67. The fourth-order valence-electron chi connectivity index (χ4n) is 2.76. The first kappa shape index (κ1) is 15.8. The summed E-state index contributed by atoms with van der Waals surface area (Å²) in [5, 5.41) is 14.1. The monoisotopic (exact) mass is 349 g/mol. The van der Waals surface area contributed by atoms with E-state index in [1.807, 2.05) is 19.1 Å². The Morgan fingerprint density at radius 3 is 2.62 bits per heavy atom. The maximum Gasteiger partial charge on any atom is 0.335 e. The van der Waals surface area contributed by atoms with Crippen molar-refractivity contribution in [2.45, 2.75) is 13.5 Å². The van der Waals surface area contributed by atoms with Gasteiger partial charge in [-0.3, -0.25) is 0 Å². The van der Waals surface area contributed by atoms with Crippen LogP contribution in [0.5, 0.6) is 0 Å². The fourth-order valence-corrected chi connectivity index (χ4v) is 2.76. The molecule has 0 radical (unpaired) electrons. The number of aromatic nitrogens is 4. The van der Waals surface area contributed by atoms with Gasteiger partial charge in [0.1, 0.15) is 11.5 Å². The summed E-state index contributed by atoms with van der Waals surface area (Å²) in [5.74, 6) is 0.549. The molecule has 0 saturated carbocycles. The van der Waals surface area contributed by atoms with Gasteiger partial charge in [-0.25, -0.2) is 14.5 Å². The zero-order valence-electron chi connectivity index (χ0n) is 13.9. The van der Waals surface area contributed by atoms with E-state index in [0.717, 1.165) is 16.7 Å². The number of benzene rings is 1. The second kappa shape index (κ2) is 5.99. The summed E-state index contributed by atoms with van der Waals surface area (Å²) in [4.78, 5) is 19.6. The second-order valence-electron chi connectivity index (χ2n) is 5.88. The molecule has 0 amide bonds. The molecule has 1 aromatic carbocycles. The molecule has 0 aliphatic carbocycles. The van der Waals surface area contributed by atoms with Crippen LogP contribution >= 0.6 is 0 Å². The number of carboxylic acids is 1. The Morgan fingerprint density at radius 1 is 1.19 bits per heavy atom. The largest absolute Gasteiger partial charge is 0.478 e. The van der Waals surface area contributed by atoms with Gasteiger partial charge in [0, 0.05) is 0 Å². The molecule has 0 saturated heterocycles. The third-order valence-electron chi connectivity index (χ3n) is 4.02. The fraction of sp³-hybridized carbons (Fsp3) is 0.111. The number of aromatic carboxylic acids is 1. The van der Waals surface area contributed by atoms with E-state index in [-0.39, 0.29) is 11.5 Å². The van der Waals surface area contributed by atoms with Gasteiger partial charge < -0.3 is 15.3 Å². The molecule has 0 bridgehead atoms. The lowest BCUT2D eigenvalue weighted by Crippen LogP contribution is -2.05. The van der Waals surface area contributed by atoms with Gasteiger partial charge in [0.15, 0.2) is 11.4 Å². The van der Waals surface area contributed by atoms with Crippen molar-refractivity contribution < 1.29 is 14.3 Å². The van der Waals surface area contributed by atoms with Crippen molar-refractivity contribution in [3.05, 3.63) is 59.5 Å². The number of nitrogens with zero attached hydrogens (tertiary/aromatic N) is 4. The normalized spacial score (nSPS) is 11.1. The first-order valence-electron chi connectivity index (χ1n) is 7.89. The van der Waals surface area contributed by atoms with Crippen LogP contribution in [-0.4, -0.2) is 30.8 Å². The topological polar surface area (TPSA) is 120 Å². The van der Waals surface area contributed by atoms with Crippen LogP contribution in [0, 0.1) is 6.92 Å². The Hall–Kier alpha value is -3.68. The minimum Gasteiger partial charge on any atom is -0.478 e. The molecule has 3 heterocycles. The number of aryl methyl sites for hydroxylation is 1. The SMILES string of the molecule is Cc1ccc(-c2nc(N)nc3c2cnn3Cc2ccc(C(=O)O)cc2)o1. The number of hydrogen-bond donors (Lipinski definition) is 2. The number of fused-ring (bicyclic) bond motifs is 1. The molecule has 0 aliphatic rings. The summed E-state index contributed by atoms with van der Waals surface area (Å²) in [7, 11) is 0. The van der Waals surface area contributed by atoms with Gasteiger partial charge in [-0.15, -0.1) is 0 Å². The molecule has 0 atom stereocenters. The van der Waals surface area contributed by atoms with Crippen molar-refractivity contribution in [2.75, 3.05) is 5.73 Å². The molecule has 0 unspecified atom stereocenters. The van der Waals surface area contributed by atoms with Crippen LogP contribution in [0.25, 0.3) is 22.5 Å². The minimum absolute atomic E-state index is 0.129. The van der Waals surface area contributed by atoms with E-state index >= 15 is 0 Å². The lowest BCUT2D eigenvalue weighted by Gasteiger charge is -2.05. The Balaban J connectivity index is 1.75. The predicted molar refractivity (Wildman–Crippen MR) is 94.7 cm³/mol. The summed E-state index contributed by atoms with van der Waals surface area (Å²) < 4.78 is 7.35. The smallest absolute Gasteiger partial charge is 0.335 e. The number of carboxylic acid groups (broad SMARTS) is 1. The highest BCUT2D eigenvalue weighted by atomic mass is 16.4. The average Bonchev–Trinajstić information content (AvgIpc) is 3.21. The van der Waals surface area contributed by atoms with Gasteiger partial charge in [-0.05, 0) is 36.8 Å². The lowest BCUT2D eigenvalue weighted by molar-refractivity contribution is 0.0697. The molecular formula is C18H15N5O3. The third kappa shape index (κ3) is 2.77. The van der Waals surface area contributed by atoms with Gasteiger partial charge in [-0.2, -0.15) is 10.1 Å². The highest BCUT2D eigenvalue weighted by Crippen LogP contribution is 2.28. The first-order valence-corrected chi connectivity index (χ1v) is 7.89. The molecule has 26 heavy (non-hydrogen) atoms. The van der Waals surface area contributed by atoms with Crippen LogP contribution in [0.1, 0.15) is 21.7 Å². The summed E-state index contributed by atoms with van der Waals surface area (Å²) >= 11 is 0. The van der Waals surface area contributed by atoms with E-state index in [1.165, 1.54) is 0 Å². The van der Waals surface area contributed by atoms with E-state index in [9.17, 15) is 4.79 Å². The standard InChI is InChI=1S/C18H15N5O3/c1-10-2-7-14(26-10)15-13-8-20-23(16(13)22-18(19)21-15)9-11-3-5-12(6-4-11)17(24)25/h2-8H,9H2,1H3,(H,24,25)(H2,19,21,22). The summed E-state index contributed by atoms with van der Waals surface area (Å²) in [6.45, 7) is 2.28. The van der Waals surface area contributed by atoms with Gasteiger partial charge in [0.05, 0.1) is 23.7 Å². The minimum atomic E-state index is -0.958. The molecule has 8 nitrogen and oxygen atoms in total. The average molecular weight is 349 g/mol. The van der Waals surface area contributed by atoms with Gasteiger partial charge >= 0.3 is 5.97 Å². The van der Waals surface area contributed by atoms with Crippen LogP contribution in [0.4, 0.5) is 5.95 Å². The molecule has 3 N–H and O–H groups in total. The number of nitrogen functional groups attached to an aromatic ring is 1. The number of nitrogens with two attached hydrogens (primary N) is 1. The van der Waals surface area contributed by atoms with Crippen LogP contribution in [0.15, 0.2) is 47.0 Å². The molecule has 4 aromatic rings. The van der Waals surface area contributed by atoms with Crippen LogP contribution in [0.2, 0.25) is 0 Å². The van der Waals surface area contributed by atoms with E-state index in [0.29, 0.717) is 23.6 Å². The number of furan rings is 1. The van der Waals surface area contributed by atoms with Crippen molar-refractivity contribution in [3.8, 4) is 11.5 Å². The zero-order chi connectivity index (χ0) is 18.3. The Kier molecular flexibility index (Phi) is 3.65. The molecule has 0 fully saturated rings. The van der Waals surface area contributed by atoms with Crippen molar-refractivity contribution in [1.82, 2.24) is 19.7 Å². The van der Waals surface area contributed by atoms with Gasteiger partial charge in [0.25, 0.3) is 0 Å². The summed E-state index contributed by atoms with van der Waals surface area (Å²) in [6, 6.07) is 10.3. The quantitative estimate of drug-likeness (QED) is 0.581. The molecule has 130 valence electrons. The first-order chi connectivity index (χ1) is 12.5.